The van der Waals surface area contributed by atoms with Gasteiger partial charge in [0.05, 0.1) is 6.20 Å². The van der Waals surface area contributed by atoms with E-state index in [4.69, 9.17) is 0 Å². The molecule has 1 fully saturated rings. The molecule has 0 saturated carbocycles. The molecule has 0 spiro atoms. The van der Waals surface area contributed by atoms with E-state index in [0.717, 1.165) is 22.5 Å². The Morgan fingerprint density at radius 3 is 3.22 bits per heavy atom. The molecule has 0 aliphatic carbocycles. The van der Waals surface area contributed by atoms with Crippen molar-refractivity contribution in [2.45, 2.75) is 18.9 Å². The first kappa shape index (κ1) is 11.5. The van der Waals surface area contributed by atoms with E-state index in [-0.39, 0.29) is 11.9 Å². The normalized spacial score (nSPS) is 19.2. The molecule has 18 heavy (non-hydrogen) atoms. The van der Waals surface area contributed by atoms with E-state index in [1.165, 1.54) is 0 Å². The number of carbonyl (C=O) groups is 1. The van der Waals surface area contributed by atoms with Crippen molar-refractivity contribution in [3.05, 3.63) is 22.9 Å². The summed E-state index contributed by atoms with van der Waals surface area (Å²) in [6, 6.07) is 3.97. The van der Waals surface area contributed by atoms with Crippen LogP contribution in [0.25, 0.3) is 5.65 Å². The lowest BCUT2D eigenvalue weighted by atomic mass is 10.2. The minimum Gasteiger partial charge on any atom is -0.367 e. The van der Waals surface area contributed by atoms with Crippen LogP contribution in [-0.2, 0) is 4.79 Å². The maximum absolute atomic E-state index is 11.1. The Bertz CT molecular complexity index is 596. The highest BCUT2D eigenvalue weighted by Gasteiger charge is 2.20. The SMILES string of the molecule is O=C1CCC(CNc2ccc3ncc(Br)n3n2)N1. The number of amides is 1. The predicted octanol–water partition coefficient (Wildman–Crippen LogP) is 1.18. The van der Waals surface area contributed by atoms with Crippen molar-refractivity contribution in [2.75, 3.05) is 11.9 Å². The zero-order chi connectivity index (χ0) is 12.5. The standard InChI is InChI=1S/C11H12BrN5O/c12-8-6-14-10-3-2-9(16-17(8)10)13-5-7-1-4-11(18)15-7/h2-3,6-7H,1,4-5H2,(H,13,16)(H,15,18). The summed E-state index contributed by atoms with van der Waals surface area (Å²) in [7, 11) is 0. The Balaban J connectivity index is 1.70. The third-order valence-electron chi connectivity index (χ3n) is 2.94. The molecule has 1 unspecified atom stereocenters. The van der Waals surface area contributed by atoms with Gasteiger partial charge in [-0.25, -0.2) is 9.50 Å². The zero-order valence-corrected chi connectivity index (χ0v) is 11.1. The Morgan fingerprint density at radius 1 is 1.56 bits per heavy atom. The first-order valence-electron chi connectivity index (χ1n) is 5.76. The molecule has 3 rings (SSSR count). The maximum Gasteiger partial charge on any atom is 0.220 e. The van der Waals surface area contributed by atoms with Crippen LogP contribution < -0.4 is 10.6 Å². The lowest BCUT2D eigenvalue weighted by molar-refractivity contribution is -0.119. The number of hydrogen-bond acceptors (Lipinski definition) is 4. The van der Waals surface area contributed by atoms with Gasteiger partial charge in [-0.1, -0.05) is 0 Å². The van der Waals surface area contributed by atoms with Crippen LogP contribution in [-0.4, -0.2) is 33.1 Å². The average Bonchev–Trinajstić information content (AvgIpc) is 2.94. The molecule has 6 nitrogen and oxygen atoms in total. The number of hydrogen-bond donors (Lipinski definition) is 2. The van der Waals surface area contributed by atoms with Crippen LogP contribution in [0, 0.1) is 0 Å². The second-order valence-electron chi connectivity index (χ2n) is 4.25. The van der Waals surface area contributed by atoms with E-state index in [9.17, 15) is 4.79 Å². The van der Waals surface area contributed by atoms with Crippen LogP contribution in [0.5, 0.6) is 0 Å². The molecule has 0 radical (unpaired) electrons. The van der Waals surface area contributed by atoms with Gasteiger partial charge in [-0.2, -0.15) is 0 Å². The molecule has 2 N–H and O–H groups in total. The Morgan fingerprint density at radius 2 is 2.44 bits per heavy atom. The number of halogens is 1. The number of imidazole rings is 1. The molecule has 2 aromatic heterocycles. The third kappa shape index (κ3) is 2.17. The number of nitrogens with one attached hydrogen (secondary N) is 2. The predicted molar refractivity (Wildman–Crippen MR) is 70.3 cm³/mol. The van der Waals surface area contributed by atoms with Crippen molar-refractivity contribution in [1.29, 1.82) is 0 Å². The van der Waals surface area contributed by atoms with Crippen molar-refractivity contribution in [3.63, 3.8) is 0 Å². The third-order valence-corrected chi connectivity index (χ3v) is 3.48. The first-order chi connectivity index (χ1) is 8.72. The van der Waals surface area contributed by atoms with E-state index >= 15 is 0 Å². The largest absolute Gasteiger partial charge is 0.367 e. The number of aromatic nitrogens is 3. The second kappa shape index (κ2) is 4.56. The van der Waals surface area contributed by atoms with Gasteiger partial charge in [0.1, 0.15) is 10.4 Å². The van der Waals surface area contributed by atoms with Gasteiger partial charge in [0.15, 0.2) is 5.65 Å². The topological polar surface area (TPSA) is 71.3 Å². The quantitative estimate of drug-likeness (QED) is 0.893. The first-order valence-corrected chi connectivity index (χ1v) is 6.55. The highest BCUT2D eigenvalue weighted by atomic mass is 79.9. The molecule has 7 heteroatoms. The van der Waals surface area contributed by atoms with Crippen LogP contribution in [0.3, 0.4) is 0 Å². The molecule has 1 atom stereocenters. The highest BCUT2D eigenvalue weighted by Crippen LogP contribution is 2.14. The van der Waals surface area contributed by atoms with Gasteiger partial charge in [0.25, 0.3) is 0 Å². The second-order valence-corrected chi connectivity index (χ2v) is 5.07. The van der Waals surface area contributed by atoms with Crippen LogP contribution in [0.15, 0.2) is 22.9 Å². The summed E-state index contributed by atoms with van der Waals surface area (Å²) in [6.45, 7) is 0.691. The van der Waals surface area contributed by atoms with Crippen molar-refractivity contribution in [3.8, 4) is 0 Å². The van der Waals surface area contributed by atoms with E-state index in [2.05, 4.69) is 36.6 Å². The molecular weight excluding hydrogens is 298 g/mol. The molecule has 1 aliphatic rings. The molecule has 94 valence electrons. The molecule has 2 aromatic rings. The van der Waals surface area contributed by atoms with Gasteiger partial charge in [0.2, 0.25) is 5.91 Å². The van der Waals surface area contributed by atoms with Crippen LogP contribution in [0.2, 0.25) is 0 Å². The number of fused-ring (bicyclic) bond motifs is 1. The van der Waals surface area contributed by atoms with Crippen molar-refractivity contribution < 1.29 is 4.79 Å². The average molecular weight is 310 g/mol. The van der Waals surface area contributed by atoms with Gasteiger partial charge < -0.3 is 10.6 Å². The molecule has 1 saturated heterocycles. The van der Waals surface area contributed by atoms with E-state index < -0.39 is 0 Å². The summed E-state index contributed by atoms with van der Waals surface area (Å²) in [5.74, 6) is 0.893. The van der Waals surface area contributed by atoms with Gasteiger partial charge >= 0.3 is 0 Å². The smallest absolute Gasteiger partial charge is 0.220 e. The maximum atomic E-state index is 11.1. The Labute approximate surface area is 112 Å². The lowest BCUT2D eigenvalue weighted by Gasteiger charge is -2.11. The number of anilines is 1. The summed E-state index contributed by atoms with van der Waals surface area (Å²) in [5.41, 5.74) is 0.793. The minimum atomic E-state index is 0.127. The molecule has 0 aromatic carbocycles. The van der Waals surface area contributed by atoms with Crippen LogP contribution >= 0.6 is 15.9 Å². The summed E-state index contributed by atoms with van der Waals surface area (Å²) >= 11 is 3.38. The van der Waals surface area contributed by atoms with E-state index in [1.54, 1.807) is 10.7 Å². The minimum absolute atomic E-state index is 0.127. The number of carbonyl (C=O) groups excluding carboxylic acids is 1. The summed E-state index contributed by atoms with van der Waals surface area (Å²) in [4.78, 5) is 15.3. The lowest BCUT2D eigenvalue weighted by Crippen LogP contribution is -2.32. The van der Waals surface area contributed by atoms with Crippen molar-refractivity contribution in [1.82, 2.24) is 19.9 Å². The fraction of sp³-hybridized carbons (Fsp3) is 0.364. The molecular formula is C11H12BrN5O. The van der Waals surface area contributed by atoms with E-state index in [1.807, 2.05) is 12.1 Å². The summed E-state index contributed by atoms with van der Waals surface area (Å²) in [5, 5.41) is 10.5. The Hall–Kier alpha value is -1.63. The fourth-order valence-electron chi connectivity index (χ4n) is 2.00. The molecule has 1 amide bonds. The van der Waals surface area contributed by atoms with Gasteiger partial charge in [-0.05, 0) is 34.5 Å². The monoisotopic (exact) mass is 309 g/mol. The van der Waals surface area contributed by atoms with Crippen LogP contribution in [0.4, 0.5) is 5.82 Å². The summed E-state index contributed by atoms with van der Waals surface area (Å²) in [6.07, 6.45) is 3.21. The Kier molecular flexibility index (Phi) is 2.91. The van der Waals surface area contributed by atoms with Gasteiger partial charge in [0, 0.05) is 19.0 Å². The molecule has 3 heterocycles. The van der Waals surface area contributed by atoms with Crippen LogP contribution in [0.1, 0.15) is 12.8 Å². The summed E-state index contributed by atoms with van der Waals surface area (Å²) < 4.78 is 2.53. The molecule has 0 bridgehead atoms. The van der Waals surface area contributed by atoms with Gasteiger partial charge in [-0.15, -0.1) is 5.10 Å². The van der Waals surface area contributed by atoms with E-state index in [0.29, 0.717) is 13.0 Å². The zero-order valence-electron chi connectivity index (χ0n) is 9.56. The van der Waals surface area contributed by atoms with Gasteiger partial charge in [-0.3, -0.25) is 4.79 Å². The highest BCUT2D eigenvalue weighted by molar-refractivity contribution is 9.10. The van der Waals surface area contributed by atoms with Crippen molar-refractivity contribution in [2.24, 2.45) is 0 Å². The number of rotatable bonds is 3. The molecule has 1 aliphatic heterocycles. The number of nitrogens with zero attached hydrogens (tertiary/aromatic N) is 3. The van der Waals surface area contributed by atoms with Crippen molar-refractivity contribution >= 4 is 33.3 Å². The fourth-order valence-corrected chi connectivity index (χ4v) is 2.36.